The highest BCUT2D eigenvalue weighted by molar-refractivity contribution is 7.90. The molecule has 0 radical (unpaired) electrons. The molecule has 2 rings (SSSR count). The second-order valence-electron chi connectivity index (χ2n) is 6.12. The van der Waals surface area contributed by atoms with Crippen molar-refractivity contribution in [1.82, 2.24) is 14.5 Å². The Morgan fingerprint density at radius 2 is 2.00 bits per heavy atom. The number of hydrogen-bond donors (Lipinski definition) is 1. The molecule has 1 amide bonds. The van der Waals surface area contributed by atoms with E-state index in [4.69, 9.17) is 0 Å². The first-order valence-corrected chi connectivity index (χ1v) is 9.42. The van der Waals surface area contributed by atoms with Gasteiger partial charge in [-0.05, 0) is 39.1 Å². The molecule has 6 nitrogen and oxygen atoms in total. The largest absolute Gasteiger partial charge is 0.337 e. The van der Waals surface area contributed by atoms with Gasteiger partial charge in [0.1, 0.15) is 0 Å². The Bertz CT molecular complexity index is 617. The van der Waals surface area contributed by atoms with Crippen molar-refractivity contribution in [3.05, 3.63) is 35.9 Å². The molecular weight excluding hydrogens is 314 g/mol. The number of piperidine rings is 1. The van der Waals surface area contributed by atoms with Gasteiger partial charge in [-0.2, -0.15) is 0 Å². The zero-order chi connectivity index (χ0) is 16.9. The SMILES string of the molecule is CN(C)CCNS(=O)(=O)[C@@H]1CCCN(C(=O)c2ccccc2)C1. The van der Waals surface area contributed by atoms with Gasteiger partial charge in [-0.1, -0.05) is 18.2 Å². The van der Waals surface area contributed by atoms with Crippen LogP contribution in [-0.2, 0) is 10.0 Å². The third-order valence-corrected chi connectivity index (χ3v) is 5.86. The van der Waals surface area contributed by atoms with Crippen molar-refractivity contribution in [2.45, 2.75) is 18.1 Å². The van der Waals surface area contributed by atoms with E-state index in [2.05, 4.69) is 4.72 Å². The molecule has 1 aromatic carbocycles. The lowest BCUT2D eigenvalue weighted by Crippen LogP contribution is -2.49. The monoisotopic (exact) mass is 339 g/mol. The van der Waals surface area contributed by atoms with Crippen LogP contribution in [0.1, 0.15) is 23.2 Å². The van der Waals surface area contributed by atoms with Crippen LogP contribution in [-0.4, -0.2) is 69.6 Å². The van der Waals surface area contributed by atoms with Crippen LogP contribution in [0, 0.1) is 0 Å². The Hall–Kier alpha value is -1.44. The van der Waals surface area contributed by atoms with E-state index in [0.29, 0.717) is 38.0 Å². The second kappa shape index (κ2) is 7.90. The summed E-state index contributed by atoms with van der Waals surface area (Å²) in [5.41, 5.74) is 0.603. The quantitative estimate of drug-likeness (QED) is 0.831. The van der Waals surface area contributed by atoms with Crippen molar-refractivity contribution < 1.29 is 13.2 Å². The minimum atomic E-state index is -3.40. The molecule has 0 spiro atoms. The lowest BCUT2D eigenvalue weighted by atomic mass is 10.1. The van der Waals surface area contributed by atoms with E-state index in [1.807, 2.05) is 37.2 Å². The summed E-state index contributed by atoms with van der Waals surface area (Å²) in [6.07, 6.45) is 1.30. The third kappa shape index (κ3) is 5.02. The minimum Gasteiger partial charge on any atom is -0.337 e. The number of hydrogen-bond acceptors (Lipinski definition) is 4. The Balaban J connectivity index is 1.98. The lowest BCUT2D eigenvalue weighted by Gasteiger charge is -2.32. The van der Waals surface area contributed by atoms with Crippen LogP contribution < -0.4 is 4.72 Å². The first-order valence-electron chi connectivity index (χ1n) is 7.87. The van der Waals surface area contributed by atoms with Crippen molar-refractivity contribution in [2.75, 3.05) is 40.3 Å². The molecule has 1 saturated heterocycles. The van der Waals surface area contributed by atoms with Crippen molar-refractivity contribution in [2.24, 2.45) is 0 Å². The molecule has 0 aromatic heterocycles. The number of carbonyl (C=O) groups excluding carboxylic acids is 1. The fourth-order valence-electron chi connectivity index (χ4n) is 2.67. The number of carbonyl (C=O) groups is 1. The highest BCUT2D eigenvalue weighted by Crippen LogP contribution is 2.18. The maximum atomic E-state index is 12.5. The minimum absolute atomic E-state index is 0.0983. The van der Waals surface area contributed by atoms with Crippen LogP contribution in [0.5, 0.6) is 0 Å². The highest BCUT2D eigenvalue weighted by Gasteiger charge is 2.32. The first kappa shape index (κ1) is 17.9. The molecule has 128 valence electrons. The number of nitrogens with one attached hydrogen (secondary N) is 1. The van der Waals surface area contributed by atoms with Crippen molar-refractivity contribution >= 4 is 15.9 Å². The maximum Gasteiger partial charge on any atom is 0.253 e. The van der Waals surface area contributed by atoms with Gasteiger partial charge < -0.3 is 9.80 Å². The van der Waals surface area contributed by atoms with Gasteiger partial charge in [-0.3, -0.25) is 4.79 Å². The van der Waals surface area contributed by atoms with Crippen LogP contribution in [0.15, 0.2) is 30.3 Å². The Kier molecular flexibility index (Phi) is 6.15. The summed E-state index contributed by atoms with van der Waals surface area (Å²) < 4.78 is 27.5. The van der Waals surface area contributed by atoms with Crippen LogP contribution >= 0.6 is 0 Å². The number of rotatable bonds is 6. The summed E-state index contributed by atoms with van der Waals surface area (Å²) in [6.45, 7) is 1.90. The first-order chi connectivity index (χ1) is 10.9. The molecule has 1 heterocycles. The van der Waals surface area contributed by atoms with Gasteiger partial charge in [0.15, 0.2) is 0 Å². The van der Waals surface area contributed by atoms with E-state index in [-0.39, 0.29) is 12.5 Å². The Labute approximate surface area is 138 Å². The molecule has 1 N–H and O–H groups in total. The second-order valence-corrected chi connectivity index (χ2v) is 8.17. The number of nitrogens with zero attached hydrogens (tertiary/aromatic N) is 2. The van der Waals surface area contributed by atoms with Crippen molar-refractivity contribution in [3.63, 3.8) is 0 Å². The van der Waals surface area contributed by atoms with Crippen molar-refractivity contribution in [1.29, 1.82) is 0 Å². The van der Waals surface area contributed by atoms with Crippen LogP contribution in [0.25, 0.3) is 0 Å². The van der Waals surface area contributed by atoms with E-state index >= 15 is 0 Å². The van der Waals surface area contributed by atoms with E-state index in [1.165, 1.54) is 0 Å². The zero-order valence-corrected chi connectivity index (χ0v) is 14.6. The molecule has 0 bridgehead atoms. The van der Waals surface area contributed by atoms with Gasteiger partial charge in [-0.15, -0.1) is 0 Å². The van der Waals surface area contributed by atoms with Gasteiger partial charge in [0, 0.05) is 31.7 Å². The molecular formula is C16H25N3O3S. The van der Waals surface area contributed by atoms with Crippen LogP contribution in [0.3, 0.4) is 0 Å². The molecule has 1 aromatic rings. The standard InChI is InChI=1S/C16H25N3O3S/c1-18(2)12-10-17-23(21,22)15-9-6-11-19(13-15)16(20)14-7-4-3-5-8-14/h3-5,7-8,15,17H,6,9-13H2,1-2H3/t15-/m1/s1. The summed E-state index contributed by atoms with van der Waals surface area (Å²) in [4.78, 5) is 16.1. The van der Waals surface area contributed by atoms with E-state index in [1.54, 1.807) is 17.0 Å². The van der Waals surface area contributed by atoms with Gasteiger partial charge in [0.2, 0.25) is 10.0 Å². The van der Waals surface area contributed by atoms with Gasteiger partial charge >= 0.3 is 0 Å². The maximum absolute atomic E-state index is 12.5. The van der Waals surface area contributed by atoms with Gasteiger partial charge in [-0.25, -0.2) is 13.1 Å². The fraction of sp³-hybridized carbons (Fsp3) is 0.562. The molecule has 7 heteroatoms. The number of amides is 1. The molecule has 1 aliphatic rings. The molecule has 0 aliphatic carbocycles. The van der Waals surface area contributed by atoms with Crippen molar-refractivity contribution in [3.8, 4) is 0 Å². The highest BCUT2D eigenvalue weighted by atomic mass is 32.2. The number of likely N-dealkylation sites (tertiary alicyclic amines) is 1. The van der Waals surface area contributed by atoms with Crippen LogP contribution in [0.2, 0.25) is 0 Å². The van der Waals surface area contributed by atoms with E-state index in [0.717, 1.165) is 0 Å². The van der Waals surface area contributed by atoms with Crippen LogP contribution in [0.4, 0.5) is 0 Å². The lowest BCUT2D eigenvalue weighted by molar-refractivity contribution is 0.0726. The normalized spacial score (nSPS) is 19.1. The summed E-state index contributed by atoms with van der Waals surface area (Å²) in [6, 6.07) is 9.00. The molecule has 0 saturated carbocycles. The predicted octanol–water partition coefficient (Wildman–Crippen LogP) is 0.772. The third-order valence-electron chi connectivity index (χ3n) is 3.99. The summed E-state index contributed by atoms with van der Waals surface area (Å²) in [5.74, 6) is -0.0983. The molecule has 23 heavy (non-hydrogen) atoms. The van der Waals surface area contributed by atoms with E-state index < -0.39 is 15.3 Å². The fourth-order valence-corrected chi connectivity index (χ4v) is 4.13. The van der Waals surface area contributed by atoms with Gasteiger partial charge in [0.25, 0.3) is 5.91 Å². The molecule has 1 fully saturated rings. The average Bonchev–Trinajstić information content (AvgIpc) is 2.54. The van der Waals surface area contributed by atoms with Gasteiger partial charge in [0.05, 0.1) is 5.25 Å². The molecule has 0 unspecified atom stereocenters. The average molecular weight is 339 g/mol. The summed E-state index contributed by atoms with van der Waals surface area (Å²) in [5, 5.41) is -0.536. The topological polar surface area (TPSA) is 69.7 Å². The zero-order valence-electron chi connectivity index (χ0n) is 13.7. The summed E-state index contributed by atoms with van der Waals surface area (Å²) >= 11 is 0. The molecule has 1 atom stereocenters. The molecule has 1 aliphatic heterocycles. The number of likely N-dealkylation sites (N-methyl/N-ethyl adjacent to an activating group) is 1. The summed E-state index contributed by atoms with van der Waals surface area (Å²) in [7, 11) is 0.398. The number of sulfonamides is 1. The van der Waals surface area contributed by atoms with E-state index in [9.17, 15) is 13.2 Å². The Morgan fingerprint density at radius 1 is 1.30 bits per heavy atom. The smallest absolute Gasteiger partial charge is 0.253 e. The Morgan fingerprint density at radius 3 is 2.65 bits per heavy atom. The number of benzene rings is 1. The predicted molar refractivity (Wildman–Crippen MR) is 90.8 cm³/mol.